The number of nitrogens with zero attached hydrogens (tertiary/aromatic N) is 1. The molecule has 9 heteroatoms. The predicted molar refractivity (Wildman–Crippen MR) is 93.9 cm³/mol. The Morgan fingerprint density at radius 3 is 2.36 bits per heavy atom. The minimum atomic E-state index is -0.860. The van der Waals surface area contributed by atoms with Crippen molar-refractivity contribution < 1.29 is 19.2 Å². The van der Waals surface area contributed by atoms with Crippen LogP contribution < -0.4 is 10.6 Å². The third kappa shape index (κ3) is 6.96. The second-order valence-corrected chi connectivity index (χ2v) is 7.55. The maximum Gasteiger partial charge on any atom is 0.407 e. The second kappa shape index (κ2) is 7.69. The molecular weight excluding hydrogens is 350 g/mol. The largest absolute Gasteiger partial charge is 0.444 e. The number of carbonyl (C=O) groups excluding carboxylic acids is 2. The summed E-state index contributed by atoms with van der Waals surface area (Å²) in [7, 11) is 0. The molecule has 0 atom stereocenters. The fraction of sp³-hybridized carbons (Fsp3) is 0.500. The highest BCUT2D eigenvalue weighted by Crippen LogP contribution is 2.23. The lowest BCUT2D eigenvalue weighted by molar-refractivity contribution is -0.385. The summed E-state index contributed by atoms with van der Waals surface area (Å²) in [4.78, 5) is 34.5. The number of ether oxygens (including phenoxy) is 1. The zero-order chi connectivity index (χ0) is 19.4. The third-order valence-electron chi connectivity index (χ3n) is 2.93. The Morgan fingerprint density at radius 1 is 1.24 bits per heavy atom. The molecule has 25 heavy (non-hydrogen) atoms. The van der Waals surface area contributed by atoms with Crippen molar-refractivity contribution in [2.45, 2.75) is 45.8 Å². The van der Waals surface area contributed by atoms with Gasteiger partial charge in [0, 0.05) is 17.6 Å². The van der Waals surface area contributed by atoms with E-state index in [1.807, 2.05) is 0 Å². The molecule has 2 N–H and O–H groups in total. The van der Waals surface area contributed by atoms with Gasteiger partial charge in [-0.15, -0.1) is 0 Å². The van der Waals surface area contributed by atoms with Gasteiger partial charge in [0.15, 0.2) is 0 Å². The van der Waals surface area contributed by atoms with E-state index in [1.165, 1.54) is 12.1 Å². The number of carbonyl (C=O) groups is 2. The molecule has 8 nitrogen and oxygen atoms in total. The summed E-state index contributed by atoms with van der Waals surface area (Å²) in [5, 5.41) is 16.4. The van der Waals surface area contributed by atoms with Gasteiger partial charge in [0.25, 0.3) is 11.6 Å². The third-order valence-corrected chi connectivity index (χ3v) is 3.16. The van der Waals surface area contributed by atoms with Crippen LogP contribution >= 0.6 is 11.6 Å². The maximum atomic E-state index is 12.4. The summed E-state index contributed by atoms with van der Waals surface area (Å²) in [6.07, 6.45) is -0.618. The summed E-state index contributed by atoms with van der Waals surface area (Å²) in [6.45, 7) is 8.63. The fourth-order valence-electron chi connectivity index (χ4n) is 1.87. The van der Waals surface area contributed by atoms with E-state index < -0.39 is 28.1 Å². The van der Waals surface area contributed by atoms with Gasteiger partial charge in [-0.2, -0.15) is 0 Å². The number of benzene rings is 1. The molecule has 0 saturated carbocycles. The van der Waals surface area contributed by atoms with Gasteiger partial charge >= 0.3 is 6.09 Å². The van der Waals surface area contributed by atoms with E-state index in [4.69, 9.17) is 16.3 Å². The number of hydrogen-bond acceptors (Lipinski definition) is 5. The quantitative estimate of drug-likeness (QED) is 0.609. The number of nitro groups is 1. The standard InChI is InChI=1S/C16H22ClN3O5/c1-15(2,3)25-14(22)18-9-16(4,5)19-13(21)11-7-6-10(17)8-12(11)20(23)24/h6-8H,9H2,1-5H3,(H,18,22)(H,19,21). The summed E-state index contributed by atoms with van der Waals surface area (Å²) in [6, 6.07) is 3.80. The molecule has 0 bridgehead atoms. The van der Waals surface area contributed by atoms with E-state index in [0.29, 0.717) is 0 Å². The van der Waals surface area contributed by atoms with E-state index in [0.717, 1.165) is 6.07 Å². The van der Waals surface area contributed by atoms with E-state index in [2.05, 4.69) is 10.6 Å². The van der Waals surface area contributed by atoms with E-state index >= 15 is 0 Å². The highest BCUT2D eigenvalue weighted by Gasteiger charge is 2.27. The molecule has 0 aliphatic rings. The Bertz CT molecular complexity index is 683. The predicted octanol–water partition coefficient (Wildman–Crippen LogP) is 3.28. The van der Waals surface area contributed by atoms with E-state index in [9.17, 15) is 19.7 Å². The van der Waals surface area contributed by atoms with Crippen LogP contribution in [0.4, 0.5) is 10.5 Å². The topological polar surface area (TPSA) is 111 Å². The lowest BCUT2D eigenvalue weighted by Crippen LogP contribution is -2.52. The Balaban J connectivity index is 2.78. The molecular formula is C16H22ClN3O5. The minimum Gasteiger partial charge on any atom is -0.444 e. The molecule has 0 heterocycles. The van der Waals surface area contributed by atoms with Crippen LogP contribution in [-0.2, 0) is 4.74 Å². The number of halogens is 1. The number of alkyl carbamates (subject to hydrolysis) is 1. The van der Waals surface area contributed by atoms with Gasteiger partial charge in [-0.1, -0.05) is 11.6 Å². The summed E-state index contributed by atoms with van der Waals surface area (Å²) in [5.41, 5.74) is -2.00. The highest BCUT2D eigenvalue weighted by molar-refractivity contribution is 6.31. The van der Waals surface area contributed by atoms with Crippen molar-refractivity contribution in [1.82, 2.24) is 10.6 Å². The van der Waals surface area contributed by atoms with Crippen molar-refractivity contribution >= 4 is 29.3 Å². The van der Waals surface area contributed by atoms with Gasteiger partial charge in [0.05, 0.1) is 10.5 Å². The molecule has 2 amide bonds. The smallest absolute Gasteiger partial charge is 0.407 e. The Labute approximate surface area is 151 Å². The van der Waals surface area contributed by atoms with Crippen molar-refractivity contribution in [1.29, 1.82) is 0 Å². The first-order valence-electron chi connectivity index (χ1n) is 7.54. The van der Waals surface area contributed by atoms with Crippen molar-refractivity contribution in [3.05, 3.63) is 38.9 Å². The molecule has 0 aliphatic heterocycles. The maximum absolute atomic E-state index is 12.4. The van der Waals surface area contributed by atoms with E-state index in [-0.39, 0.29) is 22.8 Å². The van der Waals surface area contributed by atoms with Crippen molar-refractivity contribution in [2.75, 3.05) is 6.54 Å². The fourth-order valence-corrected chi connectivity index (χ4v) is 2.04. The average molecular weight is 372 g/mol. The minimum absolute atomic E-state index is 0.0784. The van der Waals surface area contributed by atoms with Gasteiger partial charge in [0.1, 0.15) is 11.2 Å². The number of amides is 2. The van der Waals surface area contributed by atoms with E-state index in [1.54, 1.807) is 34.6 Å². The van der Waals surface area contributed by atoms with Crippen molar-refractivity contribution in [3.8, 4) is 0 Å². The Kier molecular flexibility index (Phi) is 6.37. The van der Waals surface area contributed by atoms with Crippen LogP contribution in [0.1, 0.15) is 45.0 Å². The van der Waals surface area contributed by atoms with Gasteiger partial charge in [-0.05, 0) is 46.8 Å². The molecule has 1 rings (SSSR count). The number of hydrogen-bond donors (Lipinski definition) is 2. The van der Waals surface area contributed by atoms with Gasteiger partial charge < -0.3 is 15.4 Å². The van der Waals surface area contributed by atoms with Crippen LogP contribution in [0.25, 0.3) is 0 Å². The zero-order valence-corrected chi connectivity index (χ0v) is 15.6. The molecule has 0 aromatic heterocycles. The van der Waals surface area contributed by atoms with Crippen LogP contribution in [0, 0.1) is 10.1 Å². The summed E-state index contributed by atoms with van der Waals surface area (Å²) >= 11 is 5.74. The van der Waals surface area contributed by atoms with Gasteiger partial charge in [-0.25, -0.2) is 4.79 Å². The van der Waals surface area contributed by atoms with Gasteiger partial charge in [0.2, 0.25) is 0 Å². The Hall–Kier alpha value is -2.35. The lowest BCUT2D eigenvalue weighted by Gasteiger charge is -2.27. The molecule has 138 valence electrons. The monoisotopic (exact) mass is 371 g/mol. The molecule has 0 saturated heterocycles. The first-order chi connectivity index (χ1) is 11.3. The van der Waals surface area contributed by atoms with Crippen LogP contribution in [0.3, 0.4) is 0 Å². The lowest BCUT2D eigenvalue weighted by atomic mass is 10.0. The normalized spacial score (nSPS) is 11.6. The first-order valence-corrected chi connectivity index (χ1v) is 7.92. The molecule has 0 radical (unpaired) electrons. The molecule has 0 aliphatic carbocycles. The van der Waals surface area contributed by atoms with Crippen LogP contribution in [0.5, 0.6) is 0 Å². The van der Waals surface area contributed by atoms with Crippen LogP contribution in [-0.4, -0.2) is 34.6 Å². The average Bonchev–Trinajstić information content (AvgIpc) is 2.42. The molecule has 1 aromatic carbocycles. The van der Waals surface area contributed by atoms with Crippen LogP contribution in [0.15, 0.2) is 18.2 Å². The Morgan fingerprint density at radius 2 is 1.84 bits per heavy atom. The number of nitro benzene ring substituents is 1. The highest BCUT2D eigenvalue weighted by atomic mass is 35.5. The first kappa shape index (κ1) is 20.7. The SMILES string of the molecule is CC(C)(CNC(=O)OC(C)(C)C)NC(=O)c1ccc(Cl)cc1[N+](=O)[O-]. The molecule has 0 fully saturated rings. The number of rotatable bonds is 5. The summed E-state index contributed by atoms with van der Waals surface area (Å²) in [5.74, 6) is -0.639. The van der Waals surface area contributed by atoms with Crippen molar-refractivity contribution in [3.63, 3.8) is 0 Å². The molecule has 0 unspecified atom stereocenters. The zero-order valence-electron chi connectivity index (χ0n) is 14.8. The molecule has 0 spiro atoms. The van der Waals surface area contributed by atoms with Gasteiger partial charge in [-0.3, -0.25) is 14.9 Å². The second-order valence-electron chi connectivity index (χ2n) is 7.11. The van der Waals surface area contributed by atoms with Crippen molar-refractivity contribution in [2.24, 2.45) is 0 Å². The molecule has 1 aromatic rings. The number of nitrogens with one attached hydrogen (secondary N) is 2. The summed E-state index contributed by atoms with van der Waals surface area (Å²) < 4.78 is 5.12. The van der Waals surface area contributed by atoms with Crippen LogP contribution in [0.2, 0.25) is 5.02 Å².